The number of benzene rings is 1. The Morgan fingerprint density at radius 1 is 1.19 bits per heavy atom. The van der Waals surface area contributed by atoms with Gasteiger partial charge in [-0.1, -0.05) is 29.3 Å². The second kappa shape index (κ2) is 11.6. The van der Waals surface area contributed by atoms with Gasteiger partial charge >= 0.3 is 6.03 Å². The van der Waals surface area contributed by atoms with E-state index in [4.69, 9.17) is 23.2 Å². The van der Waals surface area contributed by atoms with Gasteiger partial charge in [-0.15, -0.1) is 12.4 Å². The molecule has 0 bridgehead atoms. The number of anilines is 3. The van der Waals surface area contributed by atoms with Crippen LogP contribution in [0, 0.1) is 12.8 Å². The van der Waals surface area contributed by atoms with Crippen LogP contribution in [0.4, 0.5) is 22.2 Å². The van der Waals surface area contributed by atoms with Crippen LogP contribution in [0.15, 0.2) is 24.4 Å². The van der Waals surface area contributed by atoms with Crippen LogP contribution in [-0.4, -0.2) is 42.7 Å². The summed E-state index contributed by atoms with van der Waals surface area (Å²) in [5.74, 6) is 2.04. The third-order valence-corrected chi connectivity index (χ3v) is 6.12. The topological polar surface area (TPSA) is 82.2 Å². The fourth-order valence-corrected chi connectivity index (χ4v) is 4.00. The quantitative estimate of drug-likeness (QED) is 0.510. The Kier molecular flexibility index (Phi) is 9.47. The summed E-state index contributed by atoms with van der Waals surface area (Å²) in [5, 5.41) is 9.90. The Balaban J connectivity index is 0.00000341. The number of rotatable bonds is 6. The molecular weight excluding hydrogens is 459 g/mol. The van der Waals surface area contributed by atoms with Crippen LogP contribution in [0.25, 0.3) is 0 Å². The number of amides is 2. The summed E-state index contributed by atoms with van der Waals surface area (Å²) in [7, 11) is 3.96. The van der Waals surface area contributed by atoms with Crippen LogP contribution in [0.2, 0.25) is 10.0 Å². The van der Waals surface area contributed by atoms with Gasteiger partial charge in [-0.3, -0.25) is 0 Å². The molecule has 1 saturated carbocycles. The summed E-state index contributed by atoms with van der Waals surface area (Å²) in [6.07, 6.45) is 5.95. The molecule has 0 atom stereocenters. The molecule has 0 aliphatic heterocycles. The molecule has 0 saturated heterocycles. The van der Waals surface area contributed by atoms with E-state index in [1.807, 2.05) is 32.1 Å². The summed E-state index contributed by atoms with van der Waals surface area (Å²) in [4.78, 5) is 23.2. The molecule has 1 aliphatic rings. The minimum absolute atomic E-state index is 0. The van der Waals surface area contributed by atoms with Crippen molar-refractivity contribution in [2.24, 2.45) is 5.92 Å². The zero-order valence-electron chi connectivity index (χ0n) is 17.9. The lowest BCUT2D eigenvalue weighted by atomic mass is 9.86. The van der Waals surface area contributed by atoms with E-state index in [0.717, 1.165) is 37.1 Å². The van der Waals surface area contributed by atoms with E-state index in [9.17, 15) is 4.79 Å². The highest BCUT2D eigenvalue weighted by Crippen LogP contribution is 2.30. The lowest BCUT2D eigenvalue weighted by molar-refractivity contribution is 0.246. The highest BCUT2D eigenvalue weighted by atomic mass is 35.5. The summed E-state index contributed by atoms with van der Waals surface area (Å²) in [5.41, 5.74) is 1.56. The van der Waals surface area contributed by atoms with Crippen LogP contribution in [0.1, 0.15) is 31.2 Å². The Labute approximate surface area is 199 Å². The smallest absolute Gasteiger partial charge is 0.319 e. The maximum absolute atomic E-state index is 12.2. The summed E-state index contributed by atoms with van der Waals surface area (Å²) in [6.45, 7) is 2.64. The first-order chi connectivity index (χ1) is 14.3. The van der Waals surface area contributed by atoms with Gasteiger partial charge in [0.15, 0.2) is 0 Å². The van der Waals surface area contributed by atoms with Gasteiger partial charge in [0.05, 0.1) is 15.7 Å². The first-order valence-electron chi connectivity index (χ1n) is 10.1. The highest BCUT2D eigenvalue weighted by molar-refractivity contribution is 6.43. The van der Waals surface area contributed by atoms with Gasteiger partial charge in [-0.05, 0) is 50.7 Å². The minimum Gasteiger partial charge on any atom is -0.362 e. The average Bonchev–Trinajstić information content (AvgIpc) is 2.72. The molecule has 0 radical (unpaired) electrons. The molecule has 1 fully saturated rings. The Morgan fingerprint density at radius 2 is 1.90 bits per heavy atom. The highest BCUT2D eigenvalue weighted by Gasteiger charge is 2.22. The number of nitrogens with one attached hydrogen (secondary N) is 3. The van der Waals surface area contributed by atoms with Gasteiger partial charge in [0.25, 0.3) is 0 Å². The third kappa shape index (κ3) is 7.02. The van der Waals surface area contributed by atoms with Crippen molar-refractivity contribution in [1.82, 2.24) is 15.3 Å². The predicted octanol–water partition coefficient (Wildman–Crippen LogP) is 5.37. The van der Waals surface area contributed by atoms with Crippen molar-refractivity contribution in [1.29, 1.82) is 0 Å². The number of hydrogen-bond donors (Lipinski definition) is 3. The standard InChI is InChI=1S/C21H28Cl2N6O.ClH/c1-13-11-24-20(28-19(13)29(2)3)26-15-9-7-14(8-10-15)12-25-21(30)27-17-6-4-5-16(22)18(17)23;/h4-6,11,14-15H,7-10,12H2,1-3H3,(H,24,26,28)(H2,25,27,30);1H/t14-,15+;. The van der Waals surface area contributed by atoms with Crippen molar-refractivity contribution in [3.05, 3.63) is 40.0 Å². The maximum Gasteiger partial charge on any atom is 0.319 e. The molecule has 10 heteroatoms. The molecule has 170 valence electrons. The van der Waals surface area contributed by atoms with Crippen LogP contribution < -0.4 is 20.9 Å². The predicted molar refractivity (Wildman–Crippen MR) is 131 cm³/mol. The fraction of sp³-hybridized carbons (Fsp3) is 0.476. The van der Waals surface area contributed by atoms with Gasteiger partial charge in [0.1, 0.15) is 5.82 Å². The van der Waals surface area contributed by atoms with E-state index in [-0.39, 0.29) is 18.4 Å². The van der Waals surface area contributed by atoms with E-state index < -0.39 is 0 Å². The van der Waals surface area contributed by atoms with Gasteiger partial charge in [0, 0.05) is 38.4 Å². The molecule has 1 aromatic heterocycles. The van der Waals surface area contributed by atoms with Crippen LogP contribution >= 0.6 is 35.6 Å². The zero-order chi connectivity index (χ0) is 21.7. The lowest BCUT2D eigenvalue weighted by Gasteiger charge is -2.29. The molecular formula is C21H29Cl3N6O. The molecule has 2 amide bonds. The molecule has 1 aliphatic carbocycles. The summed E-state index contributed by atoms with van der Waals surface area (Å²) < 4.78 is 0. The Bertz CT molecular complexity index is 887. The number of halogens is 3. The number of carbonyl (C=O) groups excluding carboxylic acids is 1. The molecule has 0 unspecified atom stereocenters. The third-order valence-electron chi connectivity index (χ3n) is 5.30. The van der Waals surface area contributed by atoms with Crippen molar-refractivity contribution in [3.8, 4) is 0 Å². The van der Waals surface area contributed by atoms with E-state index >= 15 is 0 Å². The van der Waals surface area contributed by atoms with Crippen LogP contribution in [0.5, 0.6) is 0 Å². The van der Waals surface area contributed by atoms with Gasteiger partial charge in [0.2, 0.25) is 5.95 Å². The fourth-order valence-electron chi connectivity index (χ4n) is 3.65. The maximum atomic E-state index is 12.2. The summed E-state index contributed by atoms with van der Waals surface area (Å²) in [6, 6.07) is 5.22. The normalized spacial score (nSPS) is 18.0. The van der Waals surface area contributed by atoms with Crippen LogP contribution in [0.3, 0.4) is 0 Å². The molecule has 1 aromatic carbocycles. The number of nitrogens with zero attached hydrogens (tertiary/aromatic N) is 3. The molecule has 0 spiro atoms. The second-order valence-corrected chi connectivity index (χ2v) is 8.68. The molecule has 7 nitrogen and oxygen atoms in total. The first-order valence-corrected chi connectivity index (χ1v) is 10.9. The minimum atomic E-state index is -0.274. The lowest BCUT2D eigenvalue weighted by Crippen LogP contribution is -2.36. The summed E-state index contributed by atoms with van der Waals surface area (Å²) >= 11 is 12.1. The van der Waals surface area contributed by atoms with Gasteiger partial charge in [-0.2, -0.15) is 4.98 Å². The Hall–Kier alpha value is -1.96. The molecule has 2 aromatic rings. The number of aromatic nitrogens is 2. The number of urea groups is 1. The van der Waals surface area contributed by atoms with Crippen molar-refractivity contribution >= 4 is 59.1 Å². The molecule has 31 heavy (non-hydrogen) atoms. The van der Waals surface area contributed by atoms with E-state index in [2.05, 4.69) is 25.9 Å². The van der Waals surface area contributed by atoms with Crippen molar-refractivity contribution in [3.63, 3.8) is 0 Å². The van der Waals surface area contributed by atoms with Crippen molar-refractivity contribution < 1.29 is 4.79 Å². The monoisotopic (exact) mass is 486 g/mol. The molecule has 1 heterocycles. The van der Waals surface area contributed by atoms with Gasteiger partial charge < -0.3 is 20.9 Å². The van der Waals surface area contributed by atoms with Gasteiger partial charge in [-0.25, -0.2) is 9.78 Å². The van der Waals surface area contributed by atoms with E-state index in [1.165, 1.54) is 0 Å². The van der Waals surface area contributed by atoms with E-state index in [1.54, 1.807) is 18.2 Å². The van der Waals surface area contributed by atoms with E-state index in [0.29, 0.717) is 40.2 Å². The van der Waals surface area contributed by atoms with Crippen LogP contribution in [-0.2, 0) is 0 Å². The van der Waals surface area contributed by atoms with Crippen molar-refractivity contribution in [2.75, 3.05) is 36.2 Å². The first kappa shape index (κ1) is 25.3. The second-order valence-electron chi connectivity index (χ2n) is 7.89. The Morgan fingerprint density at radius 3 is 2.58 bits per heavy atom. The largest absolute Gasteiger partial charge is 0.362 e. The SMILES string of the molecule is Cc1cnc(N[C@H]2CC[C@@H](CNC(=O)Nc3cccc(Cl)c3Cl)CC2)nc1N(C)C.Cl. The number of aryl methyl sites for hydroxylation is 1. The number of carbonyl (C=O) groups is 1. The van der Waals surface area contributed by atoms with Crippen molar-refractivity contribution in [2.45, 2.75) is 38.6 Å². The zero-order valence-corrected chi connectivity index (χ0v) is 20.2. The number of hydrogen-bond acceptors (Lipinski definition) is 5. The molecule has 3 rings (SSSR count). The molecule has 3 N–H and O–H groups in total. The average molecular weight is 488 g/mol.